The molecule has 0 unspecified atom stereocenters. The number of carbonyl (C=O) groups excluding carboxylic acids is 4. The van der Waals surface area contributed by atoms with Crippen LogP contribution in [0, 0.1) is 0 Å². The van der Waals surface area contributed by atoms with E-state index in [9.17, 15) is 19.2 Å². The number of imide groups is 1. The van der Waals surface area contributed by atoms with E-state index >= 15 is 0 Å². The summed E-state index contributed by atoms with van der Waals surface area (Å²) in [6.45, 7) is 11.0. The maximum atomic E-state index is 12.7. The first-order valence-electron chi connectivity index (χ1n) is 11.2. The number of amides is 5. The van der Waals surface area contributed by atoms with Gasteiger partial charge in [0.05, 0.1) is 6.54 Å². The Hall–Kier alpha value is -3.14. The Bertz CT molecular complexity index is 899. The van der Waals surface area contributed by atoms with Crippen molar-refractivity contribution in [2.75, 3.05) is 36.4 Å². The second-order valence-corrected chi connectivity index (χ2v) is 9.61. The summed E-state index contributed by atoms with van der Waals surface area (Å²) < 4.78 is 5.48. The minimum absolute atomic E-state index is 0.00489. The minimum atomic E-state index is -0.550. The lowest BCUT2D eigenvalue weighted by atomic mass is 10.1. The quantitative estimate of drug-likeness (QED) is 0.715. The van der Waals surface area contributed by atoms with E-state index in [0.29, 0.717) is 31.0 Å². The molecule has 2 N–H and O–H groups in total. The van der Waals surface area contributed by atoms with Crippen LogP contribution in [0.15, 0.2) is 24.3 Å². The zero-order chi connectivity index (χ0) is 24.3. The van der Waals surface area contributed by atoms with Crippen molar-refractivity contribution in [1.82, 2.24) is 15.1 Å². The zero-order valence-electron chi connectivity index (χ0n) is 19.9. The molecule has 2 heterocycles. The van der Waals surface area contributed by atoms with Crippen molar-refractivity contribution < 1.29 is 23.9 Å². The number of hydrogen-bond donors (Lipinski definition) is 2. The Morgan fingerprint density at radius 1 is 1.09 bits per heavy atom. The molecule has 180 valence electrons. The third-order valence-corrected chi connectivity index (χ3v) is 5.60. The molecular weight excluding hydrogens is 426 g/mol. The highest BCUT2D eigenvalue weighted by Gasteiger charge is 2.34. The summed E-state index contributed by atoms with van der Waals surface area (Å²) in [6.07, 6.45) is -0.0842. The van der Waals surface area contributed by atoms with E-state index in [1.54, 1.807) is 29.2 Å². The number of ether oxygens (including phenoxy) is 1. The van der Waals surface area contributed by atoms with Crippen molar-refractivity contribution in [2.45, 2.75) is 58.7 Å². The molecule has 0 aromatic heterocycles. The number of carbonyl (C=O) groups is 4. The molecule has 1 aromatic carbocycles. The summed E-state index contributed by atoms with van der Waals surface area (Å²) in [7, 11) is 0. The lowest BCUT2D eigenvalue weighted by Gasteiger charge is -2.44. The molecule has 3 rings (SSSR count). The minimum Gasteiger partial charge on any atom is -0.444 e. The van der Waals surface area contributed by atoms with E-state index in [1.807, 2.05) is 34.6 Å². The van der Waals surface area contributed by atoms with E-state index in [0.717, 1.165) is 0 Å². The first kappa shape index (κ1) is 24.5. The molecule has 33 heavy (non-hydrogen) atoms. The molecule has 0 radical (unpaired) electrons. The van der Waals surface area contributed by atoms with Crippen molar-refractivity contribution in [1.29, 1.82) is 0 Å². The predicted molar refractivity (Wildman–Crippen MR) is 124 cm³/mol. The Labute approximate surface area is 194 Å². The van der Waals surface area contributed by atoms with Crippen LogP contribution in [0.25, 0.3) is 0 Å². The maximum absolute atomic E-state index is 12.7. The average Bonchev–Trinajstić information content (AvgIpc) is 2.70. The van der Waals surface area contributed by atoms with Crippen molar-refractivity contribution >= 4 is 35.3 Å². The molecule has 2 atom stereocenters. The van der Waals surface area contributed by atoms with E-state index in [-0.39, 0.29) is 43.0 Å². The highest BCUT2D eigenvalue weighted by atomic mass is 16.6. The molecule has 2 aliphatic heterocycles. The SMILES string of the molecule is C[C@@H]1CN(C(=O)OC(C)(C)C)C[C@H](C)N1CC(=O)Nc1ccc(N2CCC(=O)NC2=O)cc1. The summed E-state index contributed by atoms with van der Waals surface area (Å²) in [5, 5.41) is 5.17. The molecule has 10 heteroatoms. The second kappa shape index (κ2) is 9.78. The summed E-state index contributed by atoms with van der Waals surface area (Å²) in [5.41, 5.74) is 0.717. The van der Waals surface area contributed by atoms with Crippen LogP contribution in [-0.4, -0.2) is 77.6 Å². The molecule has 2 saturated heterocycles. The topological polar surface area (TPSA) is 111 Å². The molecule has 0 aliphatic carbocycles. The van der Waals surface area contributed by atoms with Crippen molar-refractivity contribution in [3.8, 4) is 0 Å². The summed E-state index contributed by atoms with van der Waals surface area (Å²) >= 11 is 0. The smallest absolute Gasteiger partial charge is 0.410 e. The van der Waals surface area contributed by atoms with Crippen LogP contribution in [-0.2, 0) is 14.3 Å². The van der Waals surface area contributed by atoms with Crippen LogP contribution in [0.3, 0.4) is 0 Å². The van der Waals surface area contributed by atoms with Crippen LogP contribution in [0.5, 0.6) is 0 Å². The lowest BCUT2D eigenvalue weighted by Crippen LogP contribution is -2.59. The summed E-state index contributed by atoms with van der Waals surface area (Å²) in [5.74, 6) is -0.441. The van der Waals surface area contributed by atoms with Gasteiger partial charge in [-0.1, -0.05) is 0 Å². The van der Waals surface area contributed by atoms with E-state index < -0.39 is 11.6 Å². The summed E-state index contributed by atoms with van der Waals surface area (Å²) in [6, 6.07) is 6.46. The molecule has 0 bridgehead atoms. The highest BCUT2D eigenvalue weighted by molar-refractivity contribution is 6.05. The van der Waals surface area contributed by atoms with Gasteiger partial charge in [0.1, 0.15) is 5.60 Å². The third-order valence-electron chi connectivity index (χ3n) is 5.60. The van der Waals surface area contributed by atoms with Crippen LogP contribution in [0.4, 0.5) is 21.0 Å². The monoisotopic (exact) mass is 459 g/mol. The van der Waals surface area contributed by atoms with Crippen LogP contribution in [0.1, 0.15) is 41.0 Å². The van der Waals surface area contributed by atoms with Crippen molar-refractivity contribution in [2.24, 2.45) is 0 Å². The molecular formula is C23H33N5O5. The first-order valence-corrected chi connectivity index (χ1v) is 11.2. The fraction of sp³-hybridized carbons (Fsp3) is 0.565. The van der Waals surface area contributed by atoms with Crippen LogP contribution >= 0.6 is 0 Å². The van der Waals surface area contributed by atoms with E-state index in [1.165, 1.54) is 4.90 Å². The van der Waals surface area contributed by atoms with Crippen LogP contribution < -0.4 is 15.5 Å². The average molecular weight is 460 g/mol. The second-order valence-electron chi connectivity index (χ2n) is 9.61. The van der Waals surface area contributed by atoms with Crippen molar-refractivity contribution in [3.05, 3.63) is 24.3 Å². The van der Waals surface area contributed by atoms with Gasteiger partial charge in [-0.05, 0) is 58.9 Å². The largest absolute Gasteiger partial charge is 0.444 e. The number of anilines is 2. The van der Waals surface area contributed by atoms with E-state index in [4.69, 9.17) is 4.74 Å². The maximum Gasteiger partial charge on any atom is 0.410 e. The van der Waals surface area contributed by atoms with Crippen LogP contribution in [0.2, 0.25) is 0 Å². The number of rotatable bonds is 4. The van der Waals surface area contributed by atoms with Crippen molar-refractivity contribution in [3.63, 3.8) is 0 Å². The Morgan fingerprint density at radius 3 is 2.24 bits per heavy atom. The molecule has 0 saturated carbocycles. The normalized spacial score (nSPS) is 22.1. The number of urea groups is 1. The first-order chi connectivity index (χ1) is 15.4. The van der Waals surface area contributed by atoms with Gasteiger partial charge in [0.25, 0.3) is 0 Å². The molecule has 2 aliphatic rings. The van der Waals surface area contributed by atoms with Gasteiger partial charge in [-0.3, -0.25) is 24.7 Å². The lowest BCUT2D eigenvalue weighted by molar-refractivity contribution is -0.120. The molecule has 2 fully saturated rings. The van der Waals surface area contributed by atoms with Gasteiger partial charge in [-0.25, -0.2) is 9.59 Å². The number of nitrogens with one attached hydrogen (secondary N) is 2. The third kappa shape index (κ3) is 6.44. The van der Waals surface area contributed by atoms with Gasteiger partial charge >= 0.3 is 12.1 Å². The summed E-state index contributed by atoms with van der Waals surface area (Å²) in [4.78, 5) is 53.6. The molecule has 10 nitrogen and oxygen atoms in total. The number of nitrogens with zero attached hydrogens (tertiary/aromatic N) is 3. The van der Waals surface area contributed by atoms with Gasteiger partial charge in [0.2, 0.25) is 11.8 Å². The zero-order valence-corrected chi connectivity index (χ0v) is 19.9. The van der Waals surface area contributed by atoms with Gasteiger partial charge in [-0.15, -0.1) is 0 Å². The van der Waals surface area contributed by atoms with Gasteiger partial charge < -0.3 is 15.0 Å². The fourth-order valence-corrected chi connectivity index (χ4v) is 4.05. The molecule has 0 spiro atoms. The predicted octanol–water partition coefficient (Wildman–Crippen LogP) is 2.40. The van der Waals surface area contributed by atoms with Gasteiger partial charge in [-0.2, -0.15) is 0 Å². The number of hydrogen-bond acceptors (Lipinski definition) is 6. The standard InChI is InChI=1S/C23H33N5O5/c1-15-12-26(22(32)33-23(3,4)5)13-16(2)28(15)14-20(30)24-17-6-8-18(9-7-17)27-11-10-19(29)25-21(27)31/h6-9,15-16H,10-14H2,1-5H3,(H,24,30)(H,25,29,31)/t15-,16+. The number of piperazine rings is 1. The molecule has 1 aromatic rings. The number of benzene rings is 1. The Morgan fingerprint density at radius 2 is 1.70 bits per heavy atom. The van der Waals surface area contributed by atoms with Gasteiger partial charge in [0.15, 0.2) is 0 Å². The Kier molecular flexibility index (Phi) is 7.26. The van der Waals surface area contributed by atoms with E-state index in [2.05, 4.69) is 15.5 Å². The Balaban J connectivity index is 1.54. The van der Waals surface area contributed by atoms with Gasteiger partial charge in [0, 0.05) is 49.5 Å². The molecule has 5 amide bonds. The highest BCUT2D eigenvalue weighted by Crippen LogP contribution is 2.21. The fourth-order valence-electron chi connectivity index (χ4n) is 4.05.